The van der Waals surface area contributed by atoms with Crippen molar-refractivity contribution in [3.63, 3.8) is 0 Å². The molecule has 2 N–H and O–H groups in total. The number of imidazole rings is 1. The van der Waals surface area contributed by atoms with Gasteiger partial charge in [-0.3, -0.25) is 4.57 Å². The quantitative estimate of drug-likeness (QED) is 0.528. The van der Waals surface area contributed by atoms with Gasteiger partial charge in [-0.2, -0.15) is 0 Å². The Morgan fingerprint density at radius 2 is 1.79 bits per heavy atom. The fourth-order valence-corrected chi connectivity index (χ4v) is 3.10. The van der Waals surface area contributed by atoms with Gasteiger partial charge in [0.25, 0.3) is 0 Å². The fourth-order valence-electron chi connectivity index (χ4n) is 2.97. The van der Waals surface area contributed by atoms with Crippen LogP contribution in [0, 0.1) is 0 Å². The summed E-state index contributed by atoms with van der Waals surface area (Å²) in [6, 6.07) is 20.4. The van der Waals surface area contributed by atoms with E-state index in [9.17, 15) is 4.79 Å². The minimum atomic E-state index is -0.275. The number of hydrogen-bond acceptors (Lipinski definition) is 3. The highest BCUT2D eigenvalue weighted by molar-refractivity contribution is 6.30. The van der Waals surface area contributed by atoms with Crippen molar-refractivity contribution in [2.24, 2.45) is 0 Å². The standard InChI is InChI=1S/C21H18ClN5O/c22-15-8-10-16(11-9-15)25-21(28)24-14-12-19-26-18-7-4-13-23-20(18)27(19)17-5-2-1-3-6-17/h1-11,13H,12,14H2,(H2,24,25,28). The molecule has 2 aromatic carbocycles. The van der Waals surface area contributed by atoms with E-state index < -0.39 is 0 Å². The molecule has 6 nitrogen and oxygen atoms in total. The van der Waals surface area contributed by atoms with Crippen LogP contribution in [0.4, 0.5) is 10.5 Å². The Balaban J connectivity index is 1.47. The van der Waals surface area contributed by atoms with E-state index in [1.54, 1.807) is 30.5 Å². The van der Waals surface area contributed by atoms with Gasteiger partial charge in [0, 0.05) is 35.6 Å². The zero-order valence-electron chi connectivity index (χ0n) is 15.0. The number of benzene rings is 2. The first-order valence-corrected chi connectivity index (χ1v) is 9.27. The molecule has 0 aliphatic heterocycles. The molecule has 2 heterocycles. The predicted octanol–water partition coefficient (Wildman–Crippen LogP) is 4.44. The van der Waals surface area contributed by atoms with Crippen LogP contribution in [-0.4, -0.2) is 27.1 Å². The number of rotatable bonds is 5. The molecule has 0 atom stereocenters. The van der Waals surface area contributed by atoms with Crippen molar-refractivity contribution in [2.75, 3.05) is 11.9 Å². The second-order valence-electron chi connectivity index (χ2n) is 6.18. The Hall–Kier alpha value is -3.38. The Bertz CT molecular complexity index is 1090. The molecule has 0 radical (unpaired) electrons. The highest BCUT2D eigenvalue weighted by Crippen LogP contribution is 2.20. The lowest BCUT2D eigenvalue weighted by Crippen LogP contribution is -2.30. The summed E-state index contributed by atoms with van der Waals surface area (Å²) in [5, 5.41) is 6.26. The Labute approximate surface area is 167 Å². The molecule has 7 heteroatoms. The fraction of sp³-hybridized carbons (Fsp3) is 0.0952. The number of carbonyl (C=O) groups is 1. The van der Waals surface area contributed by atoms with E-state index in [0.717, 1.165) is 22.7 Å². The van der Waals surface area contributed by atoms with Crippen molar-refractivity contribution in [2.45, 2.75) is 6.42 Å². The largest absolute Gasteiger partial charge is 0.337 e. The summed E-state index contributed by atoms with van der Waals surface area (Å²) >= 11 is 5.86. The van der Waals surface area contributed by atoms with Gasteiger partial charge in [-0.05, 0) is 48.5 Å². The third kappa shape index (κ3) is 3.97. The molecule has 0 unspecified atom stereocenters. The lowest BCUT2D eigenvalue weighted by atomic mass is 10.3. The van der Waals surface area contributed by atoms with Crippen LogP contribution < -0.4 is 10.6 Å². The summed E-state index contributed by atoms with van der Waals surface area (Å²) in [7, 11) is 0. The van der Waals surface area contributed by atoms with E-state index in [1.807, 2.05) is 47.0 Å². The predicted molar refractivity (Wildman–Crippen MR) is 111 cm³/mol. The zero-order chi connectivity index (χ0) is 19.3. The summed E-state index contributed by atoms with van der Waals surface area (Å²) in [6.07, 6.45) is 2.32. The molecule has 0 spiro atoms. The maximum Gasteiger partial charge on any atom is 0.319 e. The second-order valence-corrected chi connectivity index (χ2v) is 6.62. The van der Waals surface area contributed by atoms with Crippen molar-refractivity contribution in [3.8, 4) is 5.69 Å². The van der Waals surface area contributed by atoms with Crippen molar-refractivity contribution >= 4 is 34.5 Å². The number of aromatic nitrogens is 3. The highest BCUT2D eigenvalue weighted by Gasteiger charge is 2.13. The van der Waals surface area contributed by atoms with Crippen LogP contribution in [0.2, 0.25) is 5.02 Å². The molecule has 4 aromatic rings. The molecular weight excluding hydrogens is 374 g/mol. The average Bonchev–Trinajstić information content (AvgIpc) is 3.08. The third-order valence-electron chi connectivity index (χ3n) is 4.24. The van der Waals surface area contributed by atoms with Crippen LogP contribution in [0.25, 0.3) is 16.9 Å². The van der Waals surface area contributed by atoms with Crippen LogP contribution >= 0.6 is 11.6 Å². The van der Waals surface area contributed by atoms with Gasteiger partial charge in [0.05, 0.1) is 0 Å². The van der Waals surface area contributed by atoms with Crippen molar-refractivity contribution in [1.29, 1.82) is 0 Å². The van der Waals surface area contributed by atoms with E-state index in [4.69, 9.17) is 16.6 Å². The topological polar surface area (TPSA) is 71.8 Å². The van der Waals surface area contributed by atoms with E-state index in [1.165, 1.54) is 0 Å². The Morgan fingerprint density at radius 3 is 2.57 bits per heavy atom. The number of hydrogen-bond donors (Lipinski definition) is 2. The molecule has 28 heavy (non-hydrogen) atoms. The summed E-state index contributed by atoms with van der Waals surface area (Å²) in [5.74, 6) is 0.840. The maximum absolute atomic E-state index is 12.1. The monoisotopic (exact) mass is 391 g/mol. The number of halogens is 1. The smallest absolute Gasteiger partial charge is 0.319 e. The zero-order valence-corrected chi connectivity index (χ0v) is 15.7. The number of urea groups is 1. The van der Waals surface area contributed by atoms with Gasteiger partial charge in [0.1, 0.15) is 11.3 Å². The minimum absolute atomic E-state index is 0.275. The van der Waals surface area contributed by atoms with E-state index >= 15 is 0 Å². The summed E-state index contributed by atoms with van der Waals surface area (Å²) in [5.41, 5.74) is 3.30. The minimum Gasteiger partial charge on any atom is -0.337 e. The van der Waals surface area contributed by atoms with E-state index in [0.29, 0.717) is 23.7 Å². The molecule has 0 aliphatic rings. The van der Waals surface area contributed by atoms with Crippen LogP contribution in [-0.2, 0) is 6.42 Å². The molecule has 0 aliphatic carbocycles. The molecule has 2 amide bonds. The third-order valence-corrected chi connectivity index (χ3v) is 4.49. The average molecular weight is 392 g/mol. The lowest BCUT2D eigenvalue weighted by Gasteiger charge is -2.10. The SMILES string of the molecule is O=C(NCCc1nc2cccnc2n1-c1ccccc1)Nc1ccc(Cl)cc1. The van der Waals surface area contributed by atoms with Gasteiger partial charge in [-0.25, -0.2) is 14.8 Å². The van der Waals surface area contributed by atoms with Gasteiger partial charge >= 0.3 is 6.03 Å². The Kier molecular flexibility index (Phi) is 5.21. The number of amides is 2. The van der Waals surface area contributed by atoms with Gasteiger partial charge in [0.2, 0.25) is 0 Å². The van der Waals surface area contributed by atoms with Crippen LogP contribution in [0.1, 0.15) is 5.82 Å². The first-order valence-electron chi connectivity index (χ1n) is 8.89. The molecule has 0 bridgehead atoms. The van der Waals surface area contributed by atoms with Gasteiger partial charge in [-0.1, -0.05) is 29.8 Å². The first kappa shape index (κ1) is 18.0. The van der Waals surface area contributed by atoms with E-state index in [-0.39, 0.29) is 6.03 Å². The number of nitrogens with one attached hydrogen (secondary N) is 2. The van der Waals surface area contributed by atoms with Crippen molar-refractivity contribution in [1.82, 2.24) is 19.9 Å². The summed E-state index contributed by atoms with van der Waals surface area (Å²) in [6.45, 7) is 0.440. The lowest BCUT2D eigenvalue weighted by molar-refractivity contribution is 0.252. The number of para-hydroxylation sites is 1. The van der Waals surface area contributed by atoms with E-state index in [2.05, 4.69) is 15.6 Å². The first-order chi connectivity index (χ1) is 13.7. The molecule has 2 aromatic heterocycles. The number of carbonyl (C=O) groups excluding carboxylic acids is 1. The Morgan fingerprint density at radius 1 is 1.00 bits per heavy atom. The number of fused-ring (bicyclic) bond motifs is 1. The number of nitrogens with zero attached hydrogens (tertiary/aromatic N) is 3. The van der Waals surface area contributed by atoms with Crippen molar-refractivity contribution in [3.05, 3.63) is 83.8 Å². The van der Waals surface area contributed by atoms with Crippen LogP contribution in [0.5, 0.6) is 0 Å². The van der Waals surface area contributed by atoms with Crippen LogP contribution in [0.15, 0.2) is 72.9 Å². The van der Waals surface area contributed by atoms with Crippen LogP contribution in [0.3, 0.4) is 0 Å². The molecular formula is C21H18ClN5O. The molecule has 0 fully saturated rings. The summed E-state index contributed by atoms with van der Waals surface area (Å²) in [4.78, 5) is 21.3. The van der Waals surface area contributed by atoms with Crippen molar-refractivity contribution < 1.29 is 4.79 Å². The summed E-state index contributed by atoms with van der Waals surface area (Å²) < 4.78 is 2.02. The molecule has 140 valence electrons. The molecule has 0 saturated carbocycles. The van der Waals surface area contributed by atoms with Gasteiger partial charge < -0.3 is 10.6 Å². The van der Waals surface area contributed by atoms with Gasteiger partial charge in [0.15, 0.2) is 5.65 Å². The number of anilines is 1. The maximum atomic E-state index is 12.1. The number of pyridine rings is 1. The molecule has 0 saturated heterocycles. The van der Waals surface area contributed by atoms with Gasteiger partial charge in [-0.15, -0.1) is 0 Å². The highest BCUT2D eigenvalue weighted by atomic mass is 35.5. The second kappa shape index (κ2) is 8.10. The molecule has 4 rings (SSSR count). The normalized spacial score (nSPS) is 10.8.